The highest BCUT2D eigenvalue weighted by Crippen LogP contribution is 2.09. The van der Waals surface area contributed by atoms with Crippen LogP contribution in [0.4, 0.5) is 0 Å². The molecule has 0 spiro atoms. The number of amides is 1. The summed E-state index contributed by atoms with van der Waals surface area (Å²) in [5.74, 6) is 0.828. The molecule has 0 atom stereocenters. The van der Waals surface area contributed by atoms with Crippen molar-refractivity contribution in [1.29, 1.82) is 0 Å². The second-order valence-corrected chi connectivity index (χ2v) is 5.49. The first kappa shape index (κ1) is 18.0. The monoisotopic (exact) mass is 362 g/mol. The van der Waals surface area contributed by atoms with Gasteiger partial charge in [-0.25, -0.2) is 5.43 Å². The number of aromatic nitrogens is 4. The van der Waals surface area contributed by atoms with Gasteiger partial charge in [-0.3, -0.25) is 4.79 Å². The number of carbonyl (C=O) groups excluding carboxylic acids is 1. The van der Waals surface area contributed by atoms with E-state index >= 15 is 0 Å². The van der Waals surface area contributed by atoms with Gasteiger partial charge < -0.3 is 4.74 Å². The second-order valence-electron chi connectivity index (χ2n) is 5.49. The Morgan fingerprint density at radius 1 is 1.11 bits per heavy atom. The molecular formula is C19H18N6O2. The molecule has 8 nitrogen and oxygen atoms in total. The molecule has 0 saturated carbocycles. The van der Waals surface area contributed by atoms with Gasteiger partial charge in [0.25, 0.3) is 5.91 Å². The predicted octanol–water partition coefficient (Wildman–Crippen LogP) is 2.00. The summed E-state index contributed by atoms with van der Waals surface area (Å²) in [5.41, 5.74) is 4.29. The first-order valence-electron chi connectivity index (χ1n) is 8.20. The van der Waals surface area contributed by atoms with Gasteiger partial charge in [-0.1, -0.05) is 36.4 Å². The molecule has 0 saturated heterocycles. The standard InChI is InChI=1S/C19H18N6O2/c1-27-17-10-7-16(8-11-17)13-20-22-19(26)14-25-23-18(21-24-25)12-9-15-5-3-2-4-6-15/h2-13H,14H2,1H3,(H,22,26)/b12-9+,20-13+. The topological polar surface area (TPSA) is 94.3 Å². The van der Waals surface area contributed by atoms with Crippen molar-refractivity contribution in [2.75, 3.05) is 7.11 Å². The highest BCUT2D eigenvalue weighted by atomic mass is 16.5. The van der Waals surface area contributed by atoms with Crippen LogP contribution in [0, 0.1) is 0 Å². The summed E-state index contributed by atoms with van der Waals surface area (Å²) in [7, 11) is 1.60. The van der Waals surface area contributed by atoms with Crippen LogP contribution in [0.2, 0.25) is 0 Å². The number of hydrazone groups is 1. The fourth-order valence-corrected chi connectivity index (χ4v) is 2.16. The van der Waals surface area contributed by atoms with E-state index in [1.165, 1.54) is 4.80 Å². The number of nitrogens with zero attached hydrogens (tertiary/aromatic N) is 5. The average Bonchev–Trinajstić information content (AvgIpc) is 3.15. The lowest BCUT2D eigenvalue weighted by atomic mass is 10.2. The molecule has 3 rings (SSSR count). The van der Waals surface area contributed by atoms with Crippen molar-refractivity contribution >= 4 is 24.3 Å². The molecular weight excluding hydrogens is 344 g/mol. The van der Waals surface area contributed by atoms with Crippen LogP contribution < -0.4 is 10.2 Å². The van der Waals surface area contributed by atoms with E-state index in [-0.39, 0.29) is 12.5 Å². The maximum Gasteiger partial charge on any atom is 0.263 e. The van der Waals surface area contributed by atoms with Crippen LogP contribution in [-0.2, 0) is 11.3 Å². The number of carbonyl (C=O) groups is 1. The van der Waals surface area contributed by atoms with E-state index in [1.807, 2.05) is 60.7 Å². The first-order chi connectivity index (χ1) is 13.2. The second kappa shape index (κ2) is 9.04. The van der Waals surface area contributed by atoms with Gasteiger partial charge >= 0.3 is 0 Å². The summed E-state index contributed by atoms with van der Waals surface area (Å²) in [5, 5.41) is 15.8. The Bertz CT molecular complexity index is 932. The van der Waals surface area contributed by atoms with Crippen LogP contribution in [0.5, 0.6) is 5.75 Å². The number of rotatable bonds is 7. The van der Waals surface area contributed by atoms with Gasteiger partial charge in [-0.15, -0.1) is 10.2 Å². The first-order valence-corrected chi connectivity index (χ1v) is 8.20. The van der Waals surface area contributed by atoms with Crippen LogP contribution in [0.25, 0.3) is 12.2 Å². The van der Waals surface area contributed by atoms with Crippen molar-refractivity contribution in [2.45, 2.75) is 6.54 Å². The Morgan fingerprint density at radius 3 is 2.63 bits per heavy atom. The molecule has 1 amide bonds. The van der Waals surface area contributed by atoms with Gasteiger partial charge in [0.2, 0.25) is 0 Å². The number of ether oxygens (including phenoxy) is 1. The number of methoxy groups -OCH3 is 1. The molecule has 0 fully saturated rings. The minimum Gasteiger partial charge on any atom is -0.497 e. The largest absolute Gasteiger partial charge is 0.497 e. The van der Waals surface area contributed by atoms with Crippen molar-refractivity contribution in [3.63, 3.8) is 0 Å². The molecule has 0 aliphatic carbocycles. The zero-order valence-corrected chi connectivity index (χ0v) is 14.7. The molecule has 136 valence electrons. The lowest BCUT2D eigenvalue weighted by Gasteiger charge is -1.99. The predicted molar refractivity (Wildman–Crippen MR) is 102 cm³/mol. The fraction of sp³-hybridized carbons (Fsp3) is 0.105. The number of hydrogen-bond donors (Lipinski definition) is 1. The molecule has 1 heterocycles. The maximum absolute atomic E-state index is 11.9. The van der Waals surface area contributed by atoms with Gasteiger partial charge in [-0.05, 0) is 46.7 Å². The summed E-state index contributed by atoms with van der Waals surface area (Å²) >= 11 is 0. The van der Waals surface area contributed by atoms with Gasteiger partial charge in [0.05, 0.1) is 13.3 Å². The normalized spacial score (nSPS) is 11.1. The van der Waals surface area contributed by atoms with E-state index in [0.29, 0.717) is 5.82 Å². The Morgan fingerprint density at radius 2 is 1.89 bits per heavy atom. The van der Waals surface area contributed by atoms with E-state index in [0.717, 1.165) is 16.9 Å². The summed E-state index contributed by atoms with van der Waals surface area (Å²) in [6.45, 7) is -0.0773. The molecule has 27 heavy (non-hydrogen) atoms. The van der Waals surface area contributed by atoms with Gasteiger partial charge in [0.1, 0.15) is 12.3 Å². The van der Waals surface area contributed by atoms with Gasteiger partial charge in [0.15, 0.2) is 5.82 Å². The minimum atomic E-state index is -0.351. The van der Waals surface area contributed by atoms with E-state index in [9.17, 15) is 4.79 Å². The van der Waals surface area contributed by atoms with Crippen LogP contribution >= 0.6 is 0 Å². The third kappa shape index (κ3) is 5.60. The summed E-state index contributed by atoms with van der Waals surface area (Å²) in [4.78, 5) is 13.1. The SMILES string of the molecule is COc1ccc(/C=N/NC(=O)Cn2nnc(/C=C/c3ccccc3)n2)cc1. The average molecular weight is 362 g/mol. The van der Waals surface area contributed by atoms with Gasteiger partial charge in [0, 0.05) is 0 Å². The van der Waals surface area contributed by atoms with Crippen molar-refractivity contribution in [3.05, 3.63) is 71.5 Å². The quantitative estimate of drug-likeness (QED) is 0.512. The number of nitrogens with one attached hydrogen (secondary N) is 1. The Hall–Kier alpha value is -3.81. The zero-order chi connectivity index (χ0) is 18.9. The molecule has 2 aromatic carbocycles. The van der Waals surface area contributed by atoms with Crippen LogP contribution in [0.1, 0.15) is 17.0 Å². The molecule has 0 unspecified atom stereocenters. The summed E-state index contributed by atoms with van der Waals surface area (Å²) in [6, 6.07) is 17.1. The smallest absolute Gasteiger partial charge is 0.263 e. The van der Waals surface area contributed by atoms with Crippen molar-refractivity contribution in [3.8, 4) is 5.75 Å². The minimum absolute atomic E-state index is 0.0773. The molecule has 0 aliphatic rings. The third-order valence-corrected chi connectivity index (χ3v) is 3.50. The molecule has 0 radical (unpaired) electrons. The lowest BCUT2D eigenvalue weighted by Crippen LogP contribution is -2.24. The lowest BCUT2D eigenvalue weighted by molar-refractivity contribution is -0.122. The van der Waals surface area contributed by atoms with E-state index in [4.69, 9.17) is 4.74 Å². The number of hydrogen-bond acceptors (Lipinski definition) is 6. The molecule has 0 aliphatic heterocycles. The Balaban J connectivity index is 1.50. The maximum atomic E-state index is 11.9. The Kier molecular flexibility index (Phi) is 6.03. The van der Waals surface area contributed by atoms with E-state index in [2.05, 4.69) is 25.9 Å². The van der Waals surface area contributed by atoms with Crippen molar-refractivity contribution in [2.24, 2.45) is 5.10 Å². The van der Waals surface area contributed by atoms with Crippen LogP contribution in [0.3, 0.4) is 0 Å². The molecule has 0 bridgehead atoms. The molecule has 1 N–H and O–H groups in total. The number of benzene rings is 2. The highest BCUT2D eigenvalue weighted by Gasteiger charge is 2.05. The Labute approximate surface area is 156 Å². The van der Waals surface area contributed by atoms with Crippen molar-refractivity contribution < 1.29 is 9.53 Å². The summed E-state index contributed by atoms with van der Waals surface area (Å²) in [6.07, 6.45) is 5.15. The zero-order valence-electron chi connectivity index (χ0n) is 14.7. The molecule has 8 heteroatoms. The molecule has 1 aromatic heterocycles. The fourth-order valence-electron chi connectivity index (χ4n) is 2.16. The van der Waals surface area contributed by atoms with Gasteiger partial charge in [-0.2, -0.15) is 9.90 Å². The summed E-state index contributed by atoms with van der Waals surface area (Å²) < 4.78 is 5.08. The van der Waals surface area contributed by atoms with E-state index < -0.39 is 0 Å². The number of tetrazole rings is 1. The molecule has 3 aromatic rings. The third-order valence-electron chi connectivity index (χ3n) is 3.50. The highest BCUT2D eigenvalue weighted by molar-refractivity contribution is 5.82. The van der Waals surface area contributed by atoms with Crippen LogP contribution in [0.15, 0.2) is 59.7 Å². The van der Waals surface area contributed by atoms with E-state index in [1.54, 1.807) is 19.4 Å². The van der Waals surface area contributed by atoms with Crippen LogP contribution in [-0.4, -0.2) is 39.4 Å². The van der Waals surface area contributed by atoms with Crippen molar-refractivity contribution in [1.82, 2.24) is 25.6 Å².